The Kier molecular flexibility index (Phi) is 12.3. The smallest absolute Gasteiger partial charge is 0.410 e. The molecule has 3 aromatic carbocycles. The van der Waals surface area contributed by atoms with Crippen LogP contribution in [-0.2, 0) is 40.3 Å². The standard InChI is InChI=1S/C36H40N4O6S/c41-31-20-33(40(22-31)36(44)46-23-28-14-8-3-9-15-28)34(42)38-29(18-26-10-4-1-5-11-26)16-17-30(19-27-12-6-2-7-13-27)39-35(43)45-24-32-21-37-25-47-32/h1-15,21,25,29-31,33,41H,16-20,22-24H2,(H,38,42)(H,39,43). The number of benzene rings is 3. The number of rotatable bonds is 14. The molecule has 4 atom stereocenters. The quantitative estimate of drug-likeness (QED) is 0.169. The van der Waals surface area contributed by atoms with E-state index >= 15 is 0 Å². The number of hydrogen-bond donors (Lipinski definition) is 3. The molecule has 0 radical (unpaired) electrons. The summed E-state index contributed by atoms with van der Waals surface area (Å²) >= 11 is 1.42. The SMILES string of the molecule is O=C(NC(CCC(Cc1ccccc1)NC(=O)C1CC(O)CN1C(=O)OCc1ccccc1)Cc1ccccc1)OCc1cncs1. The van der Waals surface area contributed by atoms with E-state index in [0.29, 0.717) is 25.7 Å². The fraction of sp³-hybridized carbons (Fsp3) is 0.333. The number of nitrogens with one attached hydrogen (secondary N) is 2. The van der Waals surface area contributed by atoms with Gasteiger partial charge in [-0.05, 0) is 42.4 Å². The van der Waals surface area contributed by atoms with E-state index in [1.807, 2.05) is 91.0 Å². The van der Waals surface area contributed by atoms with E-state index in [1.54, 1.807) is 11.7 Å². The summed E-state index contributed by atoms with van der Waals surface area (Å²) in [5.74, 6) is -0.351. The van der Waals surface area contributed by atoms with Crippen molar-refractivity contribution in [2.45, 2.75) is 69.5 Å². The van der Waals surface area contributed by atoms with E-state index < -0.39 is 24.3 Å². The van der Waals surface area contributed by atoms with Crippen LogP contribution in [-0.4, -0.2) is 63.9 Å². The zero-order valence-electron chi connectivity index (χ0n) is 26.1. The Morgan fingerprint density at radius 3 is 1.96 bits per heavy atom. The maximum Gasteiger partial charge on any atom is 0.410 e. The first-order chi connectivity index (χ1) is 22.9. The van der Waals surface area contributed by atoms with Crippen LogP contribution in [0.2, 0.25) is 0 Å². The molecular weight excluding hydrogens is 616 g/mol. The van der Waals surface area contributed by atoms with E-state index in [2.05, 4.69) is 15.6 Å². The third-order valence-corrected chi connectivity index (χ3v) is 8.79. The molecule has 47 heavy (non-hydrogen) atoms. The molecule has 4 aromatic rings. The van der Waals surface area contributed by atoms with Crippen LogP contribution in [0.4, 0.5) is 9.59 Å². The number of alkyl carbamates (subject to hydrolysis) is 1. The zero-order valence-corrected chi connectivity index (χ0v) is 26.9. The Bertz CT molecular complexity index is 1540. The highest BCUT2D eigenvalue weighted by atomic mass is 32.1. The van der Waals surface area contributed by atoms with Gasteiger partial charge in [0.05, 0.1) is 23.0 Å². The van der Waals surface area contributed by atoms with Crippen LogP contribution in [0.25, 0.3) is 0 Å². The molecule has 1 saturated heterocycles. The summed E-state index contributed by atoms with van der Waals surface area (Å²) < 4.78 is 11.0. The molecule has 0 aliphatic carbocycles. The number of nitrogens with zero attached hydrogens (tertiary/aromatic N) is 2. The fourth-order valence-corrected chi connectivity index (χ4v) is 6.18. The van der Waals surface area contributed by atoms with Gasteiger partial charge in [0.2, 0.25) is 5.91 Å². The number of hydrogen-bond acceptors (Lipinski definition) is 8. The van der Waals surface area contributed by atoms with Gasteiger partial charge in [0.15, 0.2) is 0 Å². The van der Waals surface area contributed by atoms with Crippen molar-refractivity contribution < 1.29 is 29.0 Å². The number of aliphatic hydroxyl groups excluding tert-OH is 1. The molecule has 1 fully saturated rings. The van der Waals surface area contributed by atoms with Gasteiger partial charge >= 0.3 is 12.2 Å². The van der Waals surface area contributed by atoms with Crippen molar-refractivity contribution in [1.82, 2.24) is 20.5 Å². The van der Waals surface area contributed by atoms with Crippen LogP contribution >= 0.6 is 11.3 Å². The first-order valence-corrected chi connectivity index (χ1v) is 16.6. The average Bonchev–Trinajstić information content (AvgIpc) is 3.76. The molecule has 11 heteroatoms. The number of carbonyl (C=O) groups is 3. The van der Waals surface area contributed by atoms with Crippen LogP contribution < -0.4 is 10.6 Å². The lowest BCUT2D eigenvalue weighted by atomic mass is 9.95. The summed E-state index contributed by atoms with van der Waals surface area (Å²) in [6.07, 6.45) is 2.02. The van der Waals surface area contributed by atoms with Gasteiger partial charge in [-0.15, -0.1) is 11.3 Å². The van der Waals surface area contributed by atoms with Crippen molar-refractivity contribution in [1.29, 1.82) is 0 Å². The molecule has 0 spiro atoms. The van der Waals surface area contributed by atoms with Gasteiger partial charge in [0.1, 0.15) is 19.3 Å². The minimum atomic E-state index is -0.869. The molecule has 1 aliphatic heterocycles. The molecule has 5 rings (SSSR count). The topological polar surface area (TPSA) is 130 Å². The van der Waals surface area contributed by atoms with Crippen LogP contribution in [0, 0.1) is 0 Å². The highest BCUT2D eigenvalue weighted by molar-refractivity contribution is 7.09. The van der Waals surface area contributed by atoms with Gasteiger partial charge in [-0.1, -0.05) is 91.0 Å². The maximum atomic E-state index is 13.7. The summed E-state index contributed by atoms with van der Waals surface area (Å²) in [6, 6.07) is 27.6. The Hall–Kier alpha value is -4.74. The van der Waals surface area contributed by atoms with Gasteiger partial charge in [-0.2, -0.15) is 0 Å². The van der Waals surface area contributed by atoms with Crippen molar-refractivity contribution >= 4 is 29.4 Å². The predicted molar refractivity (Wildman–Crippen MR) is 178 cm³/mol. The molecule has 3 amide bonds. The Morgan fingerprint density at radius 2 is 1.38 bits per heavy atom. The summed E-state index contributed by atoms with van der Waals surface area (Å²) in [4.78, 5) is 45.7. The lowest BCUT2D eigenvalue weighted by Gasteiger charge is -2.27. The van der Waals surface area contributed by atoms with Crippen LogP contribution in [0.3, 0.4) is 0 Å². The first-order valence-electron chi connectivity index (χ1n) is 15.8. The minimum Gasteiger partial charge on any atom is -0.445 e. The van der Waals surface area contributed by atoms with E-state index in [1.165, 1.54) is 16.2 Å². The Morgan fingerprint density at radius 1 is 0.809 bits per heavy atom. The van der Waals surface area contributed by atoms with Crippen molar-refractivity contribution in [3.63, 3.8) is 0 Å². The number of aliphatic hydroxyl groups is 1. The molecule has 1 aliphatic rings. The number of ether oxygens (including phenoxy) is 2. The summed E-state index contributed by atoms with van der Waals surface area (Å²) in [5.41, 5.74) is 4.62. The summed E-state index contributed by atoms with van der Waals surface area (Å²) in [7, 11) is 0. The van der Waals surface area contributed by atoms with Gasteiger partial charge in [0.25, 0.3) is 0 Å². The van der Waals surface area contributed by atoms with Gasteiger partial charge in [-0.25, -0.2) is 9.59 Å². The van der Waals surface area contributed by atoms with Crippen molar-refractivity contribution in [2.75, 3.05) is 6.54 Å². The molecule has 1 aromatic heterocycles. The van der Waals surface area contributed by atoms with E-state index in [-0.39, 0.29) is 44.2 Å². The molecule has 0 bridgehead atoms. The van der Waals surface area contributed by atoms with E-state index in [0.717, 1.165) is 21.6 Å². The number of aromatic nitrogens is 1. The second-order valence-electron chi connectivity index (χ2n) is 11.6. The molecule has 4 unspecified atom stereocenters. The highest BCUT2D eigenvalue weighted by Crippen LogP contribution is 2.21. The number of thiazole rings is 1. The summed E-state index contributed by atoms with van der Waals surface area (Å²) in [6.45, 7) is 0.222. The van der Waals surface area contributed by atoms with E-state index in [9.17, 15) is 19.5 Å². The Balaban J connectivity index is 1.25. The number of amides is 3. The first kappa shape index (κ1) is 33.6. The normalized spacial score (nSPS) is 17.0. The number of likely N-dealkylation sites (tertiary alicyclic amines) is 1. The zero-order chi connectivity index (χ0) is 32.8. The molecule has 10 nitrogen and oxygen atoms in total. The maximum absolute atomic E-state index is 13.7. The van der Waals surface area contributed by atoms with Gasteiger partial charge < -0.3 is 25.2 Å². The third-order valence-electron chi connectivity index (χ3n) is 8.03. The average molecular weight is 657 g/mol. The minimum absolute atomic E-state index is 0.0157. The second-order valence-corrected chi connectivity index (χ2v) is 12.6. The predicted octanol–water partition coefficient (Wildman–Crippen LogP) is 5.26. The van der Waals surface area contributed by atoms with Crippen LogP contribution in [0.1, 0.15) is 40.8 Å². The van der Waals surface area contributed by atoms with Crippen molar-refractivity contribution in [2.24, 2.45) is 0 Å². The lowest BCUT2D eigenvalue weighted by Crippen LogP contribution is -2.49. The number of carbonyl (C=O) groups excluding carboxylic acids is 3. The number of β-amino-alcohol motifs (C(OH)–C–C–N with tert-alkyl or cyclic N) is 1. The second kappa shape index (κ2) is 17.3. The molecule has 246 valence electrons. The molecule has 3 N–H and O–H groups in total. The van der Waals surface area contributed by atoms with Gasteiger partial charge in [-0.3, -0.25) is 14.7 Å². The molecule has 2 heterocycles. The van der Waals surface area contributed by atoms with Crippen molar-refractivity contribution in [3.8, 4) is 0 Å². The lowest BCUT2D eigenvalue weighted by molar-refractivity contribution is -0.126. The van der Waals surface area contributed by atoms with Crippen molar-refractivity contribution in [3.05, 3.63) is 124 Å². The largest absolute Gasteiger partial charge is 0.445 e. The molecular formula is C36H40N4O6S. The highest BCUT2D eigenvalue weighted by Gasteiger charge is 2.40. The Labute approximate surface area is 278 Å². The molecule has 0 saturated carbocycles. The third kappa shape index (κ3) is 10.7. The van der Waals surface area contributed by atoms with Crippen LogP contribution in [0.5, 0.6) is 0 Å². The van der Waals surface area contributed by atoms with Gasteiger partial charge in [0, 0.05) is 24.7 Å². The van der Waals surface area contributed by atoms with E-state index in [4.69, 9.17) is 9.47 Å². The fourth-order valence-electron chi connectivity index (χ4n) is 5.67. The van der Waals surface area contributed by atoms with Crippen LogP contribution in [0.15, 0.2) is 103 Å². The summed E-state index contributed by atoms with van der Waals surface area (Å²) in [5, 5.41) is 16.6. The monoisotopic (exact) mass is 656 g/mol.